The molecule has 0 saturated carbocycles. The van der Waals surface area contributed by atoms with E-state index in [0.29, 0.717) is 17.2 Å². The van der Waals surface area contributed by atoms with E-state index in [1.807, 2.05) is 19.1 Å². The molecule has 180 valence electrons. The van der Waals surface area contributed by atoms with Crippen LogP contribution in [0.4, 0.5) is 11.4 Å². The molecule has 0 spiro atoms. The monoisotopic (exact) mass is 475 g/mol. The van der Waals surface area contributed by atoms with E-state index >= 15 is 0 Å². The van der Waals surface area contributed by atoms with Gasteiger partial charge >= 0.3 is 0 Å². The fourth-order valence-electron chi connectivity index (χ4n) is 4.01. The highest BCUT2D eigenvalue weighted by atomic mass is 32.2. The molecule has 8 nitrogen and oxygen atoms in total. The Bertz CT molecular complexity index is 1050. The summed E-state index contributed by atoms with van der Waals surface area (Å²) >= 11 is 0. The van der Waals surface area contributed by atoms with Crippen molar-refractivity contribution in [2.75, 3.05) is 49.3 Å². The number of hydrogen-bond acceptors (Lipinski definition) is 6. The minimum atomic E-state index is -3.71. The van der Waals surface area contributed by atoms with Gasteiger partial charge in [0.25, 0.3) is 0 Å². The largest absolute Gasteiger partial charge is 0.493 e. The maximum absolute atomic E-state index is 12.8. The zero-order valence-electron chi connectivity index (χ0n) is 19.7. The molecule has 1 aliphatic rings. The maximum atomic E-state index is 12.8. The van der Waals surface area contributed by atoms with E-state index in [0.717, 1.165) is 29.2 Å². The number of methoxy groups -OCH3 is 2. The Hall–Kier alpha value is -2.94. The average molecular weight is 476 g/mol. The molecule has 1 heterocycles. The van der Waals surface area contributed by atoms with Gasteiger partial charge in [-0.25, -0.2) is 8.42 Å². The van der Waals surface area contributed by atoms with E-state index < -0.39 is 15.9 Å². The van der Waals surface area contributed by atoms with E-state index in [9.17, 15) is 13.2 Å². The van der Waals surface area contributed by atoms with Gasteiger partial charge in [-0.05, 0) is 56.0 Å². The summed E-state index contributed by atoms with van der Waals surface area (Å²) in [6.45, 7) is 3.69. The number of amides is 1. The zero-order valence-corrected chi connectivity index (χ0v) is 20.5. The van der Waals surface area contributed by atoms with Crippen LogP contribution in [0.1, 0.15) is 37.8 Å². The van der Waals surface area contributed by atoms with Gasteiger partial charge in [-0.15, -0.1) is 0 Å². The molecule has 1 saturated heterocycles. The summed E-state index contributed by atoms with van der Waals surface area (Å²) in [4.78, 5) is 15.1. The van der Waals surface area contributed by atoms with E-state index in [2.05, 4.69) is 22.3 Å². The highest BCUT2D eigenvalue weighted by molar-refractivity contribution is 7.92. The first-order valence-electron chi connectivity index (χ1n) is 11.1. The van der Waals surface area contributed by atoms with Gasteiger partial charge in [-0.2, -0.15) is 0 Å². The van der Waals surface area contributed by atoms with E-state index in [-0.39, 0.29) is 12.6 Å². The zero-order chi connectivity index (χ0) is 24.0. The molecule has 0 aliphatic carbocycles. The first-order valence-corrected chi connectivity index (χ1v) is 12.9. The summed E-state index contributed by atoms with van der Waals surface area (Å²) in [7, 11) is -0.736. The third-order valence-electron chi connectivity index (χ3n) is 5.83. The van der Waals surface area contributed by atoms with Gasteiger partial charge in [0.15, 0.2) is 11.5 Å². The SMILES string of the molecule is COc1ccc(N(CC(=O)NC(C)c2ccc(N3CCCCC3)cc2)S(C)(=O)=O)cc1OC. The third kappa shape index (κ3) is 6.31. The van der Waals surface area contributed by atoms with Crippen molar-refractivity contribution >= 4 is 27.3 Å². The molecule has 0 radical (unpaired) electrons. The number of nitrogens with one attached hydrogen (secondary N) is 1. The molecule has 0 aromatic heterocycles. The van der Waals surface area contributed by atoms with E-state index in [1.54, 1.807) is 12.1 Å². The van der Waals surface area contributed by atoms with Gasteiger partial charge in [0.1, 0.15) is 6.54 Å². The van der Waals surface area contributed by atoms with Crippen LogP contribution < -0.4 is 24.0 Å². The lowest BCUT2D eigenvalue weighted by Gasteiger charge is -2.29. The average Bonchev–Trinajstić information content (AvgIpc) is 2.82. The van der Waals surface area contributed by atoms with Crippen LogP contribution in [0.3, 0.4) is 0 Å². The summed E-state index contributed by atoms with van der Waals surface area (Å²) < 4.78 is 36.4. The molecule has 2 aromatic carbocycles. The van der Waals surface area contributed by atoms with Crippen molar-refractivity contribution in [3.05, 3.63) is 48.0 Å². The number of anilines is 2. The molecule has 0 bridgehead atoms. The third-order valence-corrected chi connectivity index (χ3v) is 6.98. The van der Waals surface area contributed by atoms with Crippen molar-refractivity contribution < 1.29 is 22.7 Å². The molecule has 1 aliphatic heterocycles. The number of hydrogen-bond donors (Lipinski definition) is 1. The standard InChI is InChI=1S/C24H33N3O5S/c1-18(19-8-10-20(11-9-19)26-14-6-5-7-15-26)25-24(28)17-27(33(4,29)30)21-12-13-22(31-2)23(16-21)32-3/h8-13,16,18H,5-7,14-15,17H2,1-4H3,(H,25,28). The minimum Gasteiger partial charge on any atom is -0.493 e. The Morgan fingerprint density at radius 2 is 1.67 bits per heavy atom. The molecule has 3 rings (SSSR count). The van der Waals surface area contributed by atoms with Gasteiger partial charge in [0.2, 0.25) is 15.9 Å². The second-order valence-electron chi connectivity index (χ2n) is 8.24. The molecular weight excluding hydrogens is 442 g/mol. The molecule has 1 fully saturated rings. The molecule has 2 aromatic rings. The van der Waals surface area contributed by atoms with Crippen molar-refractivity contribution in [3.8, 4) is 11.5 Å². The summed E-state index contributed by atoms with van der Waals surface area (Å²) in [5, 5.41) is 2.90. The van der Waals surface area contributed by atoms with Crippen LogP contribution in [0.2, 0.25) is 0 Å². The Morgan fingerprint density at radius 3 is 2.24 bits per heavy atom. The molecule has 1 atom stereocenters. The fourth-order valence-corrected chi connectivity index (χ4v) is 4.86. The predicted molar refractivity (Wildman–Crippen MR) is 131 cm³/mol. The summed E-state index contributed by atoms with van der Waals surface area (Å²) in [5.74, 6) is 0.454. The Morgan fingerprint density at radius 1 is 1.03 bits per heavy atom. The maximum Gasteiger partial charge on any atom is 0.241 e. The van der Waals surface area contributed by atoms with Gasteiger partial charge in [-0.1, -0.05) is 12.1 Å². The number of carbonyl (C=O) groups is 1. The highest BCUT2D eigenvalue weighted by Crippen LogP contribution is 2.32. The normalized spacial score (nSPS) is 15.0. The second kappa shape index (κ2) is 10.8. The van der Waals surface area contributed by atoms with Crippen molar-refractivity contribution in [1.82, 2.24) is 5.32 Å². The van der Waals surface area contributed by atoms with Crippen LogP contribution in [-0.4, -0.2) is 54.4 Å². The highest BCUT2D eigenvalue weighted by Gasteiger charge is 2.23. The van der Waals surface area contributed by atoms with Crippen molar-refractivity contribution in [2.45, 2.75) is 32.2 Å². The first kappa shape index (κ1) is 24.7. The Labute approximate surface area is 196 Å². The number of nitrogens with zero attached hydrogens (tertiary/aromatic N) is 2. The van der Waals surface area contributed by atoms with Crippen LogP contribution >= 0.6 is 0 Å². The van der Waals surface area contributed by atoms with Gasteiger partial charge < -0.3 is 19.7 Å². The Kier molecular flexibility index (Phi) is 8.07. The number of rotatable bonds is 9. The minimum absolute atomic E-state index is 0.264. The van der Waals surface area contributed by atoms with Crippen LogP contribution in [0.15, 0.2) is 42.5 Å². The number of sulfonamides is 1. The van der Waals surface area contributed by atoms with Crippen LogP contribution in [0.5, 0.6) is 11.5 Å². The number of ether oxygens (including phenoxy) is 2. The second-order valence-corrected chi connectivity index (χ2v) is 10.1. The molecule has 1 unspecified atom stereocenters. The number of piperidine rings is 1. The molecule has 1 amide bonds. The quantitative estimate of drug-likeness (QED) is 0.599. The lowest BCUT2D eigenvalue weighted by Crippen LogP contribution is -2.41. The smallest absolute Gasteiger partial charge is 0.241 e. The summed E-state index contributed by atoms with van der Waals surface area (Å²) in [6.07, 6.45) is 4.78. The lowest BCUT2D eigenvalue weighted by molar-refractivity contribution is -0.120. The van der Waals surface area contributed by atoms with Crippen molar-refractivity contribution in [2.24, 2.45) is 0 Å². The number of benzene rings is 2. The van der Waals surface area contributed by atoms with Crippen LogP contribution in [0.25, 0.3) is 0 Å². The number of carbonyl (C=O) groups excluding carboxylic acids is 1. The molecule has 9 heteroatoms. The summed E-state index contributed by atoms with van der Waals surface area (Å²) in [5.41, 5.74) is 2.47. The van der Waals surface area contributed by atoms with E-state index in [4.69, 9.17) is 9.47 Å². The Balaban J connectivity index is 1.69. The molecule has 33 heavy (non-hydrogen) atoms. The van der Waals surface area contributed by atoms with Gasteiger partial charge in [0, 0.05) is 24.8 Å². The van der Waals surface area contributed by atoms with E-state index in [1.165, 1.54) is 45.2 Å². The van der Waals surface area contributed by atoms with Crippen LogP contribution in [-0.2, 0) is 14.8 Å². The van der Waals surface area contributed by atoms with Gasteiger partial charge in [-0.3, -0.25) is 9.10 Å². The first-order chi connectivity index (χ1) is 15.7. The van der Waals surface area contributed by atoms with Crippen LogP contribution in [0, 0.1) is 0 Å². The lowest BCUT2D eigenvalue weighted by atomic mass is 10.1. The van der Waals surface area contributed by atoms with Crippen molar-refractivity contribution in [1.29, 1.82) is 0 Å². The van der Waals surface area contributed by atoms with Gasteiger partial charge in [0.05, 0.1) is 32.2 Å². The van der Waals surface area contributed by atoms with Crippen molar-refractivity contribution in [3.63, 3.8) is 0 Å². The topological polar surface area (TPSA) is 88.2 Å². The molecular formula is C24H33N3O5S. The fraction of sp³-hybridized carbons (Fsp3) is 0.458. The summed E-state index contributed by atoms with van der Waals surface area (Å²) in [6, 6.07) is 12.6. The molecule has 1 N–H and O–H groups in total. The predicted octanol–water partition coefficient (Wildman–Crippen LogP) is 3.34.